The Morgan fingerprint density at radius 1 is 1.00 bits per heavy atom. The van der Waals surface area contributed by atoms with E-state index in [1.54, 1.807) is 27.7 Å². The third-order valence-electron chi connectivity index (χ3n) is 2.60. The van der Waals surface area contributed by atoms with Gasteiger partial charge < -0.3 is 19.8 Å². The molecule has 0 aromatic heterocycles. The van der Waals surface area contributed by atoms with E-state index in [0.717, 1.165) is 0 Å². The number of rotatable bonds is 4. The standard InChI is InChI=1S/C10H18O4.2Na/c1-5-6-10(7(11)12,8(13)14)9(2,3)4;;/h5-6H2,1-4H3,(H,11,12)(H,13,14);;/q;2*+1/p-2. The van der Waals surface area contributed by atoms with Crippen LogP contribution in [0.2, 0.25) is 0 Å². The molecule has 0 aliphatic heterocycles. The molecule has 0 saturated carbocycles. The van der Waals surface area contributed by atoms with Gasteiger partial charge in [-0.2, -0.15) is 0 Å². The van der Waals surface area contributed by atoms with Crippen molar-refractivity contribution in [3.05, 3.63) is 0 Å². The van der Waals surface area contributed by atoms with Gasteiger partial charge in [-0.05, 0) is 11.8 Å². The van der Waals surface area contributed by atoms with Gasteiger partial charge in [-0.1, -0.05) is 34.1 Å². The first-order chi connectivity index (χ1) is 6.20. The minimum Gasteiger partial charge on any atom is -0.549 e. The number of carboxylic acid groups (broad SMARTS) is 2. The van der Waals surface area contributed by atoms with Gasteiger partial charge in [0, 0.05) is 0 Å². The molecule has 0 aromatic carbocycles. The maximum absolute atomic E-state index is 11.0. The van der Waals surface area contributed by atoms with Gasteiger partial charge in [0.25, 0.3) is 0 Å². The molecule has 0 amide bonds. The second-order valence-electron chi connectivity index (χ2n) is 4.48. The number of carbonyl (C=O) groups is 2. The average Bonchev–Trinajstić information content (AvgIpc) is 1.95. The van der Waals surface area contributed by atoms with Crippen LogP contribution in [0.25, 0.3) is 0 Å². The molecule has 0 saturated heterocycles. The molecule has 0 bridgehead atoms. The minimum absolute atomic E-state index is 0. The molecule has 0 rings (SSSR count). The fourth-order valence-electron chi connectivity index (χ4n) is 1.65. The molecule has 0 aliphatic carbocycles. The Labute approximate surface area is 141 Å². The Balaban J connectivity index is -0.000000845. The van der Waals surface area contributed by atoms with E-state index in [4.69, 9.17) is 0 Å². The first-order valence-electron chi connectivity index (χ1n) is 4.63. The van der Waals surface area contributed by atoms with E-state index in [1.807, 2.05) is 0 Å². The predicted octanol–water partition coefficient (Wildman–Crippen LogP) is -6.67. The van der Waals surface area contributed by atoms with Gasteiger partial charge in [-0.15, -0.1) is 0 Å². The molecule has 82 valence electrons. The van der Waals surface area contributed by atoms with Gasteiger partial charge in [0.15, 0.2) is 0 Å². The zero-order valence-corrected chi connectivity index (χ0v) is 15.0. The summed E-state index contributed by atoms with van der Waals surface area (Å²) in [6.07, 6.45) is 0.487. The first kappa shape index (κ1) is 22.1. The van der Waals surface area contributed by atoms with Crippen molar-refractivity contribution in [2.24, 2.45) is 10.8 Å². The van der Waals surface area contributed by atoms with Gasteiger partial charge >= 0.3 is 59.1 Å². The van der Waals surface area contributed by atoms with Crippen molar-refractivity contribution in [2.75, 3.05) is 0 Å². The van der Waals surface area contributed by atoms with Gasteiger partial charge in [0.1, 0.15) is 0 Å². The Hall–Kier alpha value is 0.940. The average molecular weight is 246 g/mol. The number of hydrogen-bond donors (Lipinski definition) is 0. The smallest absolute Gasteiger partial charge is 0.549 e. The summed E-state index contributed by atoms with van der Waals surface area (Å²) in [5.74, 6) is -3.13. The van der Waals surface area contributed by atoms with E-state index in [1.165, 1.54) is 0 Å². The van der Waals surface area contributed by atoms with Crippen molar-refractivity contribution < 1.29 is 78.9 Å². The van der Waals surface area contributed by atoms with Crippen molar-refractivity contribution in [3.8, 4) is 0 Å². The van der Waals surface area contributed by atoms with Crippen LogP contribution in [0.15, 0.2) is 0 Å². The van der Waals surface area contributed by atoms with Gasteiger partial charge in [0.05, 0.1) is 17.4 Å². The fourth-order valence-corrected chi connectivity index (χ4v) is 1.65. The zero-order chi connectivity index (χ0) is 11.6. The summed E-state index contributed by atoms with van der Waals surface area (Å²) < 4.78 is 0. The molecular formula is C10H16Na2O4. The van der Waals surface area contributed by atoms with E-state index in [0.29, 0.717) is 6.42 Å². The monoisotopic (exact) mass is 246 g/mol. The van der Waals surface area contributed by atoms with E-state index in [-0.39, 0.29) is 65.5 Å². The van der Waals surface area contributed by atoms with Crippen LogP contribution < -0.4 is 69.3 Å². The number of carboxylic acids is 2. The molecule has 16 heavy (non-hydrogen) atoms. The normalized spacial score (nSPS) is 11.0. The number of carbonyl (C=O) groups excluding carboxylic acids is 2. The maximum atomic E-state index is 11.0. The Morgan fingerprint density at radius 2 is 1.31 bits per heavy atom. The van der Waals surface area contributed by atoms with Crippen molar-refractivity contribution >= 4 is 11.9 Å². The third kappa shape index (κ3) is 4.31. The summed E-state index contributed by atoms with van der Waals surface area (Å²) in [7, 11) is 0. The van der Waals surface area contributed by atoms with Crippen molar-refractivity contribution in [3.63, 3.8) is 0 Å². The molecule has 6 heteroatoms. The van der Waals surface area contributed by atoms with E-state index in [9.17, 15) is 19.8 Å². The Kier molecular flexibility index (Phi) is 11.2. The zero-order valence-electron chi connectivity index (χ0n) is 11.0. The maximum Gasteiger partial charge on any atom is 1.00 e. The minimum atomic E-state index is -1.90. The van der Waals surface area contributed by atoms with E-state index < -0.39 is 22.8 Å². The molecule has 0 radical (unpaired) electrons. The number of hydrogen-bond acceptors (Lipinski definition) is 4. The summed E-state index contributed by atoms with van der Waals surface area (Å²) in [5, 5.41) is 21.9. The predicted molar refractivity (Wildman–Crippen MR) is 46.8 cm³/mol. The summed E-state index contributed by atoms with van der Waals surface area (Å²) in [6, 6.07) is 0. The van der Waals surface area contributed by atoms with E-state index in [2.05, 4.69) is 0 Å². The molecule has 0 N–H and O–H groups in total. The van der Waals surface area contributed by atoms with Gasteiger partial charge in [0.2, 0.25) is 0 Å². The van der Waals surface area contributed by atoms with Crippen LogP contribution in [0.3, 0.4) is 0 Å². The van der Waals surface area contributed by atoms with Crippen molar-refractivity contribution in [1.82, 2.24) is 0 Å². The summed E-state index contributed by atoms with van der Waals surface area (Å²) in [6.45, 7) is 6.42. The first-order valence-corrected chi connectivity index (χ1v) is 4.63. The third-order valence-corrected chi connectivity index (χ3v) is 2.60. The molecule has 0 spiro atoms. The largest absolute Gasteiger partial charge is 1.00 e. The molecule has 0 fully saturated rings. The summed E-state index contributed by atoms with van der Waals surface area (Å²) in [5.41, 5.74) is -2.82. The van der Waals surface area contributed by atoms with Crippen LogP contribution in [0.5, 0.6) is 0 Å². The summed E-state index contributed by atoms with van der Waals surface area (Å²) >= 11 is 0. The molecule has 0 atom stereocenters. The summed E-state index contributed by atoms with van der Waals surface area (Å²) in [4.78, 5) is 21.9. The topological polar surface area (TPSA) is 80.3 Å². The Morgan fingerprint density at radius 3 is 1.38 bits per heavy atom. The van der Waals surface area contributed by atoms with Crippen LogP contribution in [-0.4, -0.2) is 11.9 Å². The molecule has 4 nitrogen and oxygen atoms in total. The van der Waals surface area contributed by atoms with Gasteiger partial charge in [-0.3, -0.25) is 0 Å². The van der Waals surface area contributed by atoms with Crippen LogP contribution in [0, 0.1) is 10.8 Å². The van der Waals surface area contributed by atoms with E-state index >= 15 is 0 Å². The van der Waals surface area contributed by atoms with Crippen LogP contribution in [0.4, 0.5) is 0 Å². The molecular weight excluding hydrogens is 230 g/mol. The molecule has 0 heterocycles. The second-order valence-corrected chi connectivity index (χ2v) is 4.48. The van der Waals surface area contributed by atoms with Crippen molar-refractivity contribution in [2.45, 2.75) is 40.5 Å². The SMILES string of the molecule is CCCC(C(=O)[O-])(C(=O)[O-])C(C)(C)C.[Na+].[Na+]. The molecule has 0 unspecified atom stereocenters. The molecule has 0 aliphatic rings. The van der Waals surface area contributed by atoms with Crippen molar-refractivity contribution in [1.29, 1.82) is 0 Å². The van der Waals surface area contributed by atoms with Crippen LogP contribution in [0.1, 0.15) is 40.5 Å². The molecule has 0 aromatic rings. The van der Waals surface area contributed by atoms with Crippen LogP contribution in [-0.2, 0) is 9.59 Å². The van der Waals surface area contributed by atoms with Crippen LogP contribution >= 0.6 is 0 Å². The number of aliphatic carboxylic acids is 2. The van der Waals surface area contributed by atoms with Gasteiger partial charge in [-0.25, -0.2) is 0 Å². The Bertz CT molecular complexity index is 232. The second kappa shape index (κ2) is 8.11. The fraction of sp³-hybridized carbons (Fsp3) is 0.800. The quantitative estimate of drug-likeness (QED) is 0.365.